The summed E-state index contributed by atoms with van der Waals surface area (Å²) in [4.78, 5) is 6.95. The van der Waals surface area contributed by atoms with Gasteiger partial charge in [0.2, 0.25) is 0 Å². The van der Waals surface area contributed by atoms with E-state index in [-0.39, 0.29) is 12.1 Å². The van der Waals surface area contributed by atoms with Crippen molar-refractivity contribution in [3.05, 3.63) is 53.1 Å². The molecule has 0 aromatic carbocycles. The van der Waals surface area contributed by atoms with Gasteiger partial charge >= 0.3 is 0 Å². The van der Waals surface area contributed by atoms with Gasteiger partial charge in [-0.3, -0.25) is 4.98 Å². The third kappa shape index (κ3) is 3.48. The van der Waals surface area contributed by atoms with Crippen LogP contribution in [0.1, 0.15) is 60.0 Å². The number of rotatable bonds is 7. The van der Waals surface area contributed by atoms with Crippen LogP contribution in [0.2, 0.25) is 0 Å². The van der Waals surface area contributed by atoms with Gasteiger partial charge in [-0.05, 0) is 69.1 Å². The maximum absolute atomic E-state index is 5.73. The predicted octanol–water partition coefficient (Wildman–Crippen LogP) is 3.84. The Hall–Kier alpha value is -1.92. The van der Waals surface area contributed by atoms with E-state index in [1.165, 1.54) is 29.8 Å². The van der Waals surface area contributed by atoms with E-state index in [0.717, 1.165) is 30.4 Å². The number of hydrogen-bond donors (Lipinski definition) is 1. The molecule has 0 unspecified atom stereocenters. The molecule has 1 saturated heterocycles. The lowest BCUT2D eigenvalue weighted by atomic mass is 9.96. The fourth-order valence-electron chi connectivity index (χ4n) is 4.36. The molecular formula is C21H28N4OS. The van der Waals surface area contributed by atoms with Gasteiger partial charge in [0.25, 0.3) is 0 Å². The largest absolute Gasteiger partial charge is 0.385 e. The van der Waals surface area contributed by atoms with Crippen LogP contribution in [0.4, 0.5) is 0 Å². The Kier molecular flexibility index (Phi) is 5.19. The van der Waals surface area contributed by atoms with Gasteiger partial charge in [0.05, 0.1) is 17.8 Å². The predicted molar refractivity (Wildman–Crippen MR) is 111 cm³/mol. The fourth-order valence-corrected chi connectivity index (χ4v) is 4.69. The molecule has 1 aliphatic carbocycles. The van der Waals surface area contributed by atoms with E-state index in [1.54, 1.807) is 7.11 Å². The minimum atomic E-state index is 0.0643. The number of aromatic nitrogens is 2. The minimum Gasteiger partial charge on any atom is -0.385 e. The van der Waals surface area contributed by atoms with Gasteiger partial charge in [0, 0.05) is 43.9 Å². The molecule has 27 heavy (non-hydrogen) atoms. The van der Waals surface area contributed by atoms with Crippen molar-refractivity contribution in [2.45, 2.75) is 51.2 Å². The van der Waals surface area contributed by atoms with Crippen LogP contribution < -0.4 is 5.32 Å². The van der Waals surface area contributed by atoms with E-state index in [9.17, 15) is 0 Å². The summed E-state index contributed by atoms with van der Waals surface area (Å²) in [5.74, 6) is 0. The molecule has 1 aliphatic heterocycles. The number of aryl methyl sites for hydroxylation is 1. The molecule has 1 saturated carbocycles. The van der Waals surface area contributed by atoms with Crippen molar-refractivity contribution in [3.63, 3.8) is 0 Å². The normalized spacial score (nSPS) is 22.3. The van der Waals surface area contributed by atoms with Crippen molar-refractivity contribution in [1.29, 1.82) is 0 Å². The molecule has 5 nitrogen and oxygen atoms in total. The van der Waals surface area contributed by atoms with Gasteiger partial charge < -0.3 is 19.5 Å². The maximum atomic E-state index is 5.73. The number of nitrogens with one attached hydrogen (secondary N) is 1. The van der Waals surface area contributed by atoms with Gasteiger partial charge in [-0.2, -0.15) is 0 Å². The van der Waals surface area contributed by atoms with Crippen molar-refractivity contribution >= 4 is 17.3 Å². The highest BCUT2D eigenvalue weighted by Crippen LogP contribution is 2.44. The van der Waals surface area contributed by atoms with Gasteiger partial charge in [-0.25, -0.2) is 0 Å². The summed E-state index contributed by atoms with van der Waals surface area (Å²) in [5.41, 5.74) is 5.11. The van der Waals surface area contributed by atoms with Gasteiger partial charge in [-0.15, -0.1) is 0 Å². The maximum Gasteiger partial charge on any atom is 0.170 e. The number of thiocarbonyl (C=S) groups is 1. The Morgan fingerprint density at radius 2 is 2.11 bits per heavy atom. The Morgan fingerprint density at radius 3 is 2.78 bits per heavy atom. The second-order valence-corrected chi connectivity index (χ2v) is 7.98. The van der Waals surface area contributed by atoms with E-state index in [0.29, 0.717) is 6.04 Å². The summed E-state index contributed by atoms with van der Waals surface area (Å²) in [7, 11) is 1.75. The minimum absolute atomic E-state index is 0.0643. The molecule has 144 valence electrons. The van der Waals surface area contributed by atoms with Crippen molar-refractivity contribution < 1.29 is 4.74 Å². The first-order chi connectivity index (χ1) is 13.1. The lowest BCUT2D eigenvalue weighted by molar-refractivity contribution is 0.180. The molecule has 2 atom stereocenters. The lowest BCUT2D eigenvalue weighted by Crippen LogP contribution is -2.31. The van der Waals surface area contributed by atoms with Crippen LogP contribution in [0.15, 0.2) is 30.5 Å². The molecular weight excluding hydrogens is 356 g/mol. The highest BCUT2D eigenvalue weighted by Gasteiger charge is 2.41. The van der Waals surface area contributed by atoms with Gasteiger partial charge in [-0.1, -0.05) is 6.07 Å². The SMILES string of the molecule is COCCCN1C(=S)N[C@H](c2ccccn2)[C@H]1c1cc(C)n(C2CC2)c1C. The van der Waals surface area contributed by atoms with E-state index < -0.39 is 0 Å². The first-order valence-corrected chi connectivity index (χ1v) is 10.2. The zero-order valence-corrected chi connectivity index (χ0v) is 17.1. The molecule has 0 bridgehead atoms. The third-order valence-corrected chi connectivity index (χ3v) is 6.05. The molecule has 3 heterocycles. The first-order valence-electron chi connectivity index (χ1n) is 9.77. The van der Waals surface area contributed by atoms with Crippen molar-refractivity contribution in [3.8, 4) is 0 Å². The Bertz CT molecular complexity index is 815. The van der Waals surface area contributed by atoms with E-state index in [4.69, 9.17) is 17.0 Å². The number of pyridine rings is 1. The molecule has 2 aliphatic rings. The molecule has 2 aromatic rings. The summed E-state index contributed by atoms with van der Waals surface area (Å²) in [5, 5.41) is 4.35. The Balaban J connectivity index is 1.73. The van der Waals surface area contributed by atoms with Gasteiger partial charge in [0.1, 0.15) is 0 Å². The topological polar surface area (TPSA) is 42.3 Å². The first kappa shape index (κ1) is 18.4. The average molecular weight is 385 g/mol. The summed E-state index contributed by atoms with van der Waals surface area (Å²) < 4.78 is 7.78. The third-order valence-electron chi connectivity index (χ3n) is 5.70. The summed E-state index contributed by atoms with van der Waals surface area (Å²) in [6.45, 7) is 6.09. The second kappa shape index (κ2) is 7.60. The van der Waals surface area contributed by atoms with Crippen LogP contribution in [0, 0.1) is 13.8 Å². The van der Waals surface area contributed by atoms with Crippen molar-refractivity contribution in [2.75, 3.05) is 20.3 Å². The van der Waals surface area contributed by atoms with Crippen LogP contribution in [0.25, 0.3) is 0 Å². The molecule has 0 amide bonds. The van der Waals surface area contributed by atoms with E-state index >= 15 is 0 Å². The molecule has 0 spiro atoms. The molecule has 0 radical (unpaired) electrons. The zero-order chi connectivity index (χ0) is 19.0. The Morgan fingerprint density at radius 1 is 1.30 bits per heavy atom. The quantitative estimate of drug-likeness (QED) is 0.580. The van der Waals surface area contributed by atoms with E-state index in [2.05, 4.69) is 45.7 Å². The van der Waals surface area contributed by atoms with Crippen LogP contribution in [0.3, 0.4) is 0 Å². The lowest BCUT2D eigenvalue weighted by Gasteiger charge is -2.28. The molecule has 2 fully saturated rings. The molecule has 1 N–H and O–H groups in total. The smallest absolute Gasteiger partial charge is 0.170 e. The van der Waals surface area contributed by atoms with Crippen molar-refractivity contribution in [2.24, 2.45) is 0 Å². The number of ether oxygens (including phenoxy) is 1. The fraction of sp³-hybridized carbons (Fsp3) is 0.524. The van der Waals surface area contributed by atoms with Crippen LogP contribution in [-0.4, -0.2) is 39.8 Å². The molecule has 4 rings (SSSR count). The summed E-state index contributed by atoms with van der Waals surface area (Å²) in [6, 6.07) is 9.35. The van der Waals surface area contributed by atoms with Crippen LogP contribution in [0.5, 0.6) is 0 Å². The van der Waals surface area contributed by atoms with Crippen LogP contribution >= 0.6 is 12.2 Å². The highest BCUT2D eigenvalue weighted by atomic mass is 32.1. The second-order valence-electron chi connectivity index (χ2n) is 7.59. The zero-order valence-electron chi connectivity index (χ0n) is 16.3. The van der Waals surface area contributed by atoms with Gasteiger partial charge in [0.15, 0.2) is 5.11 Å². The monoisotopic (exact) mass is 384 g/mol. The van der Waals surface area contributed by atoms with Crippen LogP contribution in [-0.2, 0) is 4.74 Å². The summed E-state index contributed by atoms with van der Waals surface area (Å²) in [6.07, 6.45) is 5.39. The van der Waals surface area contributed by atoms with E-state index in [1.807, 2.05) is 18.3 Å². The number of methoxy groups -OCH3 is 1. The average Bonchev–Trinajstić information content (AvgIpc) is 3.39. The van der Waals surface area contributed by atoms with Crippen molar-refractivity contribution in [1.82, 2.24) is 19.8 Å². The molecule has 2 aromatic heterocycles. The number of hydrogen-bond acceptors (Lipinski definition) is 3. The molecule has 6 heteroatoms. The number of nitrogens with zero attached hydrogens (tertiary/aromatic N) is 3. The highest BCUT2D eigenvalue weighted by molar-refractivity contribution is 7.80. The summed E-state index contributed by atoms with van der Waals surface area (Å²) >= 11 is 5.73. The Labute approximate surface area is 166 Å². The standard InChI is InChI=1S/C21H28N4OS/c1-14-13-17(15(2)25(14)16-8-9-16)20-19(18-7-4-5-10-22-18)23-21(27)24(20)11-6-12-26-3/h4-5,7,10,13,16,19-20H,6,8-9,11-12H2,1-3H3,(H,23,27)/t19-,20-/m1/s1.